The molecule has 1 atom stereocenters. The van der Waals surface area contributed by atoms with Crippen molar-refractivity contribution in [1.82, 2.24) is 20.6 Å². The maximum atomic E-state index is 12.9. The molecule has 4 heterocycles. The molecule has 0 aliphatic carbocycles. The Labute approximate surface area is 203 Å². The number of rotatable bonds is 7. The van der Waals surface area contributed by atoms with E-state index < -0.39 is 5.54 Å². The number of hydrogen-bond donors (Lipinski definition) is 4. The molecule has 1 unspecified atom stereocenters. The van der Waals surface area contributed by atoms with E-state index >= 15 is 0 Å². The Kier molecular flexibility index (Phi) is 6.03. The molecule has 4 N–H and O–H groups in total. The summed E-state index contributed by atoms with van der Waals surface area (Å²) < 4.78 is 0. The third-order valence-electron chi connectivity index (χ3n) is 6.92. The highest BCUT2D eigenvalue weighted by Gasteiger charge is 2.36. The van der Waals surface area contributed by atoms with Gasteiger partial charge in [-0.2, -0.15) is 5.26 Å². The number of carbonyl (C=O) groups excluding carboxylic acids is 1. The number of fused-ring (bicyclic) bond motifs is 1. The van der Waals surface area contributed by atoms with Crippen LogP contribution in [0.2, 0.25) is 5.02 Å². The first-order chi connectivity index (χ1) is 16.5. The molecule has 34 heavy (non-hydrogen) atoms. The lowest BCUT2D eigenvalue weighted by molar-refractivity contribution is 0.0947. The fourth-order valence-electron chi connectivity index (χ4n) is 4.89. The van der Waals surface area contributed by atoms with E-state index in [0.29, 0.717) is 30.0 Å². The Hall–Kier alpha value is -3.34. The topological polar surface area (TPSA) is 106 Å². The van der Waals surface area contributed by atoms with Crippen molar-refractivity contribution >= 4 is 28.9 Å². The van der Waals surface area contributed by atoms with Crippen LogP contribution < -0.4 is 16.0 Å². The largest absolute Gasteiger partial charge is 0.356 e. The van der Waals surface area contributed by atoms with Gasteiger partial charge in [0.25, 0.3) is 5.91 Å². The van der Waals surface area contributed by atoms with E-state index in [1.807, 2.05) is 30.5 Å². The van der Waals surface area contributed by atoms with Crippen LogP contribution in [0.1, 0.15) is 46.9 Å². The van der Waals surface area contributed by atoms with Crippen LogP contribution in [0.3, 0.4) is 0 Å². The summed E-state index contributed by atoms with van der Waals surface area (Å²) in [5.41, 5.74) is 6.60. The lowest BCUT2D eigenvalue weighted by Crippen LogP contribution is -2.56. The first kappa shape index (κ1) is 22.5. The average Bonchev–Trinajstić information content (AvgIpc) is 3.18. The molecule has 174 valence electrons. The fraction of sp³-hybridized carbons (Fsp3) is 0.346. The molecule has 0 spiro atoms. The fourth-order valence-corrected chi connectivity index (χ4v) is 5.19. The molecule has 0 saturated carbocycles. The first-order valence-electron chi connectivity index (χ1n) is 11.7. The van der Waals surface area contributed by atoms with Gasteiger partial charge in [-0.3, -0.25) is 15.1 Å². The summed E-state index contributed by atoms with van der Waals surface area (Å²) >= 11 is 6.47. The van der Waals surface area contributed by atoms with Crippen molar-refractivity contribution in [2.24, 2.45) is 0 Å². The van der Waals surface area contributed by atoms with Crippen molar-refractivity contribution in [3.05, 3.63) is 64.1 Å². The molecule has 2 aliphatic heterocycles. The number of anilines is 2. The maximum Gasteiger partial charge on any atom is 0.255 e. The van der Waals surface area contributed by atoms with Crippen LogP contribution in [0, 0.1) is 11.3 Å². The van der Waals surface area contributed by atoms with Crippen molar-refractivity contribution < 1.29 is 4.79 Å². The van der Waals surface area contributed by atoms with Gasteiger partial charge in [0.1, 0.15) is 5.54 Å². The third kappa shape index (κ3) is 3.93. The van der Waals surface area contributed by atoms with E-state index in [-0.39, 0.29) is 5.91 Å². The molecule has 1 amide bonds. The molecule has 7 nitrogen and oxygen atoms in total. The molecule has 2 aliphatic rings. The predicted molar refractivity (Wildman–Crippen MR) is 133 cm³/mol. The summed E-state index contributed by atoms with van der Waals surface area (Å²) in [5, 5.41) is 20.1. The van der Waals surface area contributed by atoms with Gasteiger partial charge in [0, 0.05) is 47.3 Å². The lowest BCUT2D eigenvalue weighted by atomic mass is 9.83. The van der Waals surface area contributed by atoms with Crippen LogP contribution in [-0.4, -0.2) is 34.5 Å². The molecule has 1 aromatic carbocycles. The second kappa shape index (κ2) is 9.13. The molecular weight excluding hydrogens is 448 g/mol. The summed E-state index contributed by atoms with van der Waals surface area (Å²) in [4.78, 5) is 20.8. The van der Waals surface area contributed by atoms with Crippen LogP contribution in [0.25, 0.3) is 11.3 Å². The molecule has 0 bridgehead atoms. The lowest BCUT2D eigenvalue weighted by Gasteiger charge is -2.37. The van der Waals surface area contributed by atoms with Gasteiger partial charge in [-0.25, -0.2) is 0 Å². The molecule has 0 radical (unpaired) electrons. The Balaban J connectivity index is 1.59. The minimum Gasteiger partial charge on any atom is -0.356 e. The van der Waals surface area contributed by atoms with Gasteiger partial charge in [-0.05, 0) is 61.6 Å². The van der Waals surface area contributed by atoms with Gasteiger partial charge in [-0.1, -0.05) is 24.6 Å². The van der Waals surface area contributed by atoms with Gasteiger partial charge in [0.05, 0.1) is 23.0 Å². The number of aromatic nitrogens is 2. The molecule has 1 fully saturated rings. The number of amides is 1. The van der Waals surface area contributed by atoms with Gasteiger partial charge in [-0.15, -0.1) is 0 Å². The normalized spacial score (nSPS) is 19.0. The van der Waals surface area contributed by atoms with Gasteiger partial charge in [0.2, 0.25) is 0 Å². The van der Waals surface area contributed by atoms with Crippen molar-refractivity contribution in [3.63, 3.8) is 0 Å². The van der Waals surface area contributed by atoms with E-state index in [1.54, 1.807) is 6.20 Å². The molecule has 3 aromatic rings. The van der Waals surface area contributed by atoms with E-state index in [2.05, 4.69) is 38.9 Å². The number of benzene rings is 1. The van der Waals surface area contributed by atoms with Crippen molar-refractivity contribution in [3.8, 4) is 17.3 Å². The minimum absolute atomic E-state index is 0.0935. The highest BCUT2D eigenvalue weighted by atomic mass is 35.5. The second-order valence-corrected chi connectivity index (χ2v) is 9.29. The Morgan fingerprint density at radius 1 is 1.29 bits per heavy atom. The smallest absolute Gasteiger partial charge is 0.255 e. The first-order valence-corrected chi connectivity index (χ1v) is 12.1. The number of aryl methyl sites for hydroxylation is 1. The SMILES string of the molecule is CCc1c(Cl)cccc1Nc1c(-c2ccncc2CCC2(C#N)CCN2)[nH]c2c1C(=O)NCC2. The van der Waals surface area contributed by atoms with Gasteiger partial charge >= 0.3 is 0 Å². The van der Waals surface area contributed by atoms with E-state index in [9.17, 15) is 10.1 Å². The second-order valence-electron chi connectivity index (χ2n) is 8.88. The van der Waals surface area contributed by atoms with Gasteiger partial charge < -0.3 is 15.6 Å². The minimum atomic E-state index is -0.458. The zero-order valence-corrected chi connectivity index (χ0v) is 19.9. The summed E-state index contributed by atoms with van der Waals surface area (Å²) in [6, 6.07) is 10.2. The van der Waals surface area contributed by atoms with Crippen LogP contribution in [0.15, 0.2) is 36.7 Å². The third-order valence-corrected chi connectivity index (χ3v) is 7.27. The van der Waals surface area contributed by atoms with Crippen LogP contribution >= 0.6 is 11.6 Å². The van der Waals surface area contributed by atoms with Crippen LogP contribution in [-0.2, 0) is 19.3 Å². The molecule has 1 saturated heterocycles. The zero-order valence-electron chi connectivity index (χ0n) is 19.1. The Morgan fingerprint density at radius 3 is 2.88 bits per heavy atom. The monoisotopic (exact) mass is 474 g/mol. The number of carbonyl (C=O) groups is 1. The quantitative estimate of drug-likeness (QED) is 0.403. The number of halogens is 1. The van der Waals surface area contributed by atoms with Crippen LogP contribution in [0.4, 0.5) is 11.4 Å². The number of H-pyrrole nitrogens is 1. The average molecular weight is 475 g/mol. The van der Waals surface area contributed by atoms with Crippen molar-refractivity contribution in [2.75, 3.05) is 18.4 Å². The predicted octanol–water partition coefficient (Wildman–Crippen LogP) is 4.51. The van der Waals surface area contributed by atoms with Crippen LogP contribution in [0.5, 0.6) is 0 Å². The highest BCUT2D eigenvalue weighted by molar-refractivity contribution is 6.31. The zero-order chi connectivity index (χ0) is 23.7. The number of nitrogens with one attached hydrogen (secondary N) is 4. The maximum absolute atomic E-state index is 12.9. The number of hydrogen-bond acceptors (Lipinski definition) is 5. The summed E-state index contributed by atoms with van der Waals surface area (Å²) in [5.74, 6) is -0.0935. The van der Waals surface area contributed by atoms with Crippen molar-refractivity contribution in [1.29, 1.82) is 5.26 Å². The van der Waals surface area contributed by atoms with Gasteiger partial charge in [0.15, 0.2) is 0 Å². The Bertz CT molecular complexity index is 1290. The van der Waals surface area contributed by atoms with E-state index in [1.165, 1.54) is 0 Å². The molecular formula is C26H27ClN6O. The van der Waals surface area contributed by atoms with E-state index in [0.717, 1.165) is 65.3 Å². The molecule has 2 aromatic heterocycles. The number of nitriles is 1. The molecule has 8 heteroatoms. The Morgan fingerprint density at radius 2 is 2.15 bits per heavy atom. The highest BCUT2D eigenvalue weighted by Crippen LogP contribution is 2.40. The summed E-state index contributed by atoms with van der Waals surface area (Å²) in [7, 11) is 0. The standard InChI is InChI=1S/C26H27ClN6O/c1-2-17-19(27)4-3-5-20(17)32-24-22-21(8-12-30-25(22)34)33-23(24)18-7-11-29-14-16(18)6-9-26(15-28)10-13-31-26/h3-5,7,11,14,31-33H,2,6,8-10,12-13H2,1H3,(H,30,34). The summed E-state index contributed by atoms with van der Waals surface area (Å²) in [6.45, 7) is 3.54. The summed E-state index contributed by atoms with van der Waals surface area (Å²) in [6.07, 6.45) is 7.39. The number of aromatic amines is 1. The number of pyridine rings is 1. The number of nitrogens with zero attached hydrogens (tertiary/aromatic N) is 2. The molecule has 5 rings (SSSR count). The van der Waals surface area contributed by atoms with E-state index in [4.69, 9.17) is 11.6 Å². The van der Waals surface area contributed by atoms with Crippen molar-refractivity contribution in [2.45, 2.75) is 44.6 Å².